The topological polar surface area (TPSA) is 55.1 Å². The molecule has 2 aromatic carbocycles. The number of hydrogen-bond donors (Lipinski definition) is 2. The molecule has 1 atom stereocenters. The molecule has 0 aliphatic heterocycles. The average molecular weight is 307 g/mol. The quantitative estimate of drug-likeness (QED) is 0.890. The molecule has 0 spiro atoms. The number of nitrogens with two attached hydrogens (primary N) is 1. The number of carbonyl (C=O) groups excluding carboxylic acids is 1. The van der Waals surface area contributed by atoms with Crippen LogP contribution in [0.1, 0.15) is 28.4 Å². The summed E-state index contributed by atoms with van der Waals surface area (Å²) in [5.74, 6) is -1.10. The minimum absolute atomic E-state index is 0.0207. The van der Waals surface area contributed by atoms with Crippen LogP contribution in [-0.2, 0) is 0 Å². The zero-order valence-electron chi connectivity index (χ0n) is 11.4. The third kappa shape index (κ3) is 4.28. The molecule has 21 heavy (non-hydrogen) atoms. The maximum atomic E-state index is 13.6. The second-order valence-electron chi connectivity index (χ2n) is 4.69. The first kappa shape index (κ1) is 15.5. The Balaban J connectivity index is 1.87. The molecule has 0 radical (unpaired) electrons. The van der Waals surface area contributed by atoms with Crippen LogP contribution < -0.4 is 11.1 Å². The Hall–Kier alpha value is -1.91. The summed E-state index contributed by atoms with van der Waals surface area (Å²) in [6.45, 7) is 0.372. The summed E-state index contributed by atoms with van der Waals surface area (Å²) < 4.78 is 13.6. The number of nitrogens with one attached hydrogen (secondary N) is 1. The minimum atomic E-state index is -0.632. The third-order valence-corrected chi connectivity index (χ3v) is 3.38. The number of halogens is 2. The second-order valence-corrected chi connectivity index (χ2v) is 5.12. The van der Waals surface area contributed by atoms with E-state index in [9.17, 15) is 9.18 Å². The summed E-state index contributed by atoms with van der Waals surface area (Å²) in [6.07, 6.45) is 0.574. The van der Waals surface area contributed by atoms with Gasteiger partial charge in [0, 0.05) is 17.6 Å². The fourth-order valence-corrected chi connectivity index (χ4v) is 2.14. The van der Waals surface area contributed by atoms with E-state index in [-0.39, 0.29) is 16.6 Å². The van der Waals surface area contributed by atoms with Gasteiger partial charge in [-0.2, -0.15) is 0 Å². The summed E-state index contributed by atoms with van der Waals surface area (Å²) in [7, 11) is 0. The lowest BCUT2D eigenvalue weighted by molar-refractivity contribution is 0.0948. The van der Waals surface area contributed by atoms with Crippen molar-refractivity contribution < 1.29 is 9.18 Å². The molecule has 0 saturated carbocycles. The van der Waals surface area contributed by atoms with Gasteiger partial charge in [0.05, 0.1) is 5.56 Å². The average Bonchev–Trinajstić information content (AvgIpc) is 2.47. The van der Waals surface area contributed by atoms with Crippen molar-refractivity contribution in [2.45, 2.75) is 12.5 Å². The summed E-state index contributed by atoms with van der Waals surface area (Å²) in [5.41, 5.74) is 7.01. The molecule has 0 heterocycles. The standard InChI is InChI=1S/C16H16ClFN2O/c17-12-6-7-13(14(18)10-12)16(21)20-9-8-15(19)11-4-2-1-3-5-11/h1-7,10,15H,8-9,19H2,(H,20,21). The largest absolute Gasteiger partial charge is 0.352 e. The molecule has 0 aliphatic rings. The zero-order valence-corrected chi connectivity index (χ0v) is 12.1. The Morgan fingerprint density at radius 3 is 2.62 bits per heavy atom. The van der Waals surface area contributed by atoms with E-state index >= 15 is 0 Å². The van der Waals surface area contributed by atoms with Crippen LogP contribution in [0.4, 0.5) is 4.39 Å². The molecule has 0 bridgehead atoms. The molecule has 5 heteroatoms. The van der Waals surface area contributed by atoms with Gasteiger partial charge in [-0.25, -0.2) is 4.39 Å². The fourth-order valence-electron chi connectivity index (χ4n) is 1.98. The molecular formula is C16H16ClFN2O. The SMILES string of the molecule is NC(CCNC(=O)c1ccc(Cl)cc1F)c1ccccc1. The van der Waals surface area contributed by atoms with Crippen LogP contribution >= 0.6 is 11.6 Å². The molecular weight excluding hydrogens is 291 g/mol. The normalized spacial score (nSPS) is 12.0. The van der Waals surface area contributed by atoms with Gasteiger partial charge in [0.15, 0.2) is 0 Å². The Morgan fingerprint density at radius 2 is 1.95 bits per heavy atom. The van der Waals surface area contributed by atoms with Crippen molar-refractivity contribution in [3.8, 4) is 0 Å². The highest BCUT2D eigenvalue weighted by atomic mass is 35.5. The van der Waals surface area contributed by atoms with Gasteiger partial charge in [-0.1, -0.05) is 41.9 Å². The lowest BCUT2D eigenvalue weighted by Crippen LogP contribution is -2.27. The lowest BCUT2D eigenvalue weighted by Gasteiger charge is -2.12. The summed E-state index contributed by atoms with van der Waals surface area (Å²) in [5, 5.41) is 2.92. The highest BCUT2D eigenvalue weighted by Gasteiger charge is 2.12. The van der Waals surface area contributed by atoms with Crippen molar-refractivity contribution in [1.82, 2.24) is 5.32 Å². The van der Waals surface area contributed by atoms with Gasteiger partial charge in [-0.3, -0.25) is 4.79 Å². The van der Waals surface area contributed by atoms with Crippen molar-refractivity contribution in [2.75, 3.05) is 6.54 Å². The molecule has 1 unspecified atom stereocenters. The van der Waals surface area contributed by atoms with Gasteiger partial charge in [0.1, 0.15) is 5.82 Å². The Labute approximate surface area is 127 Å². The number of rotatable bonds is 5. The van der Waals surface area contributed by atoms with E-state index in [1.54, 1.807) is 0 Å². The van der Waals surface area contributed by atoms with Crippen molar-refractivity contribution in [3.05, 3.63) is 70.5 Å². The molecule has 110 valence electrons. The number of carbonyl (C=O) groups is 1. The van der Waals surface area contributed by atoms with Gasteiger partial charge in [0.2, 0.25) is 0 Å². The predicted molar refractivity (Wildman–Crippen MR) is 81.7 cm³/mol. The molecule has 1 amide bonds. The van der Waals surface area contributed by atoms with Crippen LogP contribution in [0.2, 0.25) is 5.02 Å². The van der Waals surface area contributed by atoms with Gasteiger partial charge >= 0.3 is 0 Å². The molecule has 0 saturated heterocycles. The summed E-state index contributed by atoms with van der Waals surface area (Å²) in [4.78, 5) is 11.9. The number of benzene rings is 2. The van der Waals surface area contributed by atoms with E-state index in [0.29, 0.717) is 13.0 Å². The molecule has 0 aliphatic carbocycles. The number of hydrogen-bond acceptors (Lipinski definition) is 2. The second kappa shape index (κ2) is 7.20. The lowest BCUT2D eigenvalue weighted by atomic mass is 10.0. The smallest absolute Gasteiger partial charge is 0.254 e. The fraction of sp³-hybridized carbons (Fsp3) is 0.188. The van der Waals surface area contributed by atoms with Crippen LogP contribution in [0.25, 0.3) is 0 Å². The maximum Gasteiger partial charge on any atom is 0.254 e. The van der Waals surface area contributed by atoms with Crippen LogP contribution in [0.3, 0.4) is 0 Å². The Bertz CT molecular complexity index is 619. The maximum absolute atomic E-state index is 13.6. The first-order valence-electron chi connectivity index (χ1n) is 6.61. The van der Waals surface area contributed by atoms with E-state index in [2.05, 4.69) is 5.32 Å². The van der Waals surface area contributed by atoms with Crippen molar-refractivity contribution in [1.29, 1.82) is 0 Å². The van der Waals surface area contributed by atoms with Crippen LogP contribution in [-0.4, -0.2) is 12.5 Å². The summed E-state index contributed by atoms with van der Waals surface area (Å²) in [6, 6.07) is 13.4. The highest BCUT2D eigenvalue weighted by molar-refractivity contribution is 6.30. The van der Waals surface area contributed by atoms with Gasteiger partial charge < -0.3 is 11.1 Å². The van der Waals surface area contributed by atoms with E-state index in [1.807, 2.05) is 30.3 Å². The molecule has 3 N–H and O–H groups in total. The predicted octanol–water partition coefficient (Wildman–Crippen LogP) is 3.30. The molecule has 3 nitrogen and oxygen atoms in total. The molecule has 0 aromatic heterocycles. The van der Waals surface area contributed by atoms with Gasteiger partial charge in [0.25, 0.3) is 5.91 Å². The first-order chi connectivity index (χ1) is 10.1. The first-order valence-corrected chi connectivity index (χ1v) is 6.99. The van der Waals surface area contributed by atoms with Crippen molar-refractivity contribution in [2.24, 2.45) is 5.73 Å². The van der Waals surface area contributed by atoms with E-state index in [1.165, 1.54) is 12.1 Å². The molecule has 2 rings (SSSR count). The van der Waals surface area contributed by atoms with Crippen LogP contribution in [0.15, 0.2) is 48.5 Å². The zero-order chi connectivity index (χ0) is 15.2. The Morgan fingerprint density at radius 1 is 1.24 bits per heavy atom. The van der Waals surface area contributed by atoms with Crippen molar-refractivity contribution >= 4 is 17.5 Å². The van der Waals surface area contributed by atoms with Gasteiger partial charge in [-0.05, 0) is 30.2 Å². The van der Waals surface area contributed by atoms with E-state index < -0.39 is 11.7 Å². The highest BCUT2D eigenvalue weighted by Crippen LogP contribution is 2.15. The van der Waals surface area contributed by atoms with E-state index in [0.717, 1.165) is 11.6 Å². The van der Waals surface area contributed by atoms with E-state index in [4.69, 9.17) is 17.3 Å². The van der Waals surface area contributed by atoms with Crippen LogP contribution in [0, 0.1) is 5.82 Å². The number of amides is 1. The van der Waals surface area contributed by atoms with Gasteiger partial charge in [-0.15, -0.1) is 0 Å². The summed E-state index contributed by atoms with van der Waals surface area (Å²) >= 11 is 5.65. The molecule has 0 fully saturated rings. The monoisotopic (exact) mass is 306 g/mol. The third-order valence-electron chi connectivity index (χ3n) is 3.14. The van der Waals surface area contributed by atoms with Crippen LogP contribution in [0.5, 0.6) is 0 Å². The van der Waals surface area contributed by atoms with Crippen molar-refractivity contribution in [3.63, 3.8) is 0 Å². The Kier molecular flexibility index (Phi) is 5.31. The minimum Gasteiger partial charge on any atom is -0.352 e. The molecule has 2 aromatic rings.